The van der Waals surface area contributed by atoms with Crippen LogP contribution in [0.25, 0.3) is 5.82 Å². The molecule has 3 heterocycles. The molecular formula is C18H26N6. The van der Waals surface area contributed by atoms with Gasteiger partial charge in [0, 0.05) is 38.2 Å². The third-order valence-electron chi connectivity index (χ3n) is 4.25. The number of hydrogen-bond acceptors (Lipinski definition) is 3. The van der Waals surface area contributed by atoms with Gasteiger partial charge in [-0.1, -0.05) is 6.92 Å². The summed E-state index contributed by atoms with van der Waals surface area (Å²) in [5.74, 6) is 2.57. The van der Waals surface area contributed by atoms with Gasteiger partial charge in [0.25, 0.3) is 0 Å². The molecule has 0 aromatic carbocycles. The van der Waals surface area contributed by atoms with E-state index in [4.69, 9.17) is 4.99 Å². The Kier molecular flexibility index (Phi) is 5.46. The lowest BCUT2D eigenvalue weighted by Gasteiger charge is -2.33. The van der Waals surface area contributed by atoms with E-state index >= 15 is 0 Å². The first-order valence-electron chi connectivity index (χ1n) is 8.74. The van der Waals surface area contributed by atoms with Crippen LogP contribution in [0.2, 0.25) is 0 Å². The summed E-state index contributed by atoms with van der Waals surface area (Å²) >= 11 is 0. The molecule has 0 amide bonds. The minimum absolute atomic E-state index is 0.643. The van der Waals surface area contributed by atoms with E-state index in [-0.39, 0.29) is 0 Å². The van der Waals surface area contributed by atoms with E-state index in [2.05, 4.69) is 34.1 Å². The Bertz CT molecular complexity index is 664. The fraction of sp³-hybridized carbons (Fsp3) is 0.500. The number of pyridine rings is 1. The number of rotatable bonds is 4. The molecule has 1 unspecified atom stereocenters. The number of nitrogens with zero attached hydrogens (tertiary/aromatic N) is 5. The third-order valence-corrected chi connectivity index (χ3v) is 4.25. The first-order valence-corrected chi connectivity index (χ1v) is 8.74. The Hall–Kier alpha value is -2.37. The second kappa shape index (κ2) is 7.95. The molecule has 2 aromatic rings. The van der Waals surface area contributed by atoms with Gasteiger partial charge < -0.3 is 10.2 Å². The lowest BCUT2D eigenvalue weighted by atomic mass is 10.0. The predicted molar refractivity (Wildman–Crippen MR) is 96.1 cm³/mol. The maximum atomic E-state index is 4.84. The van der Waals surface area contributed by atoms with Crippen LogP contribution >= 0.6 is 0 Å². The van der Waals surface area contributed by atoms with Crippen molar-refractivity contribution in [1.29, 1.82) is 0 Å². The molecule has 1 fully saturated rings. The molecule has 0 radical (unpaired) electrons. The first-order chi connectivity index (χ1) is 11.8. The first kappa shape index (κ1) is 16.5. The topological polar surface area (TPSA) is 58.3 Å². The molecule has 3 rings (SSSR count). The van der Waals surface area contributed by atoms with Gasteiger partial charge in [-0.05, 0) is 49.4 Å². The lowest BCUT2D eigenvalue weighted by Crippen LogP contribution is -2.46. The monoisotopic (exact) mass is 326 g/mol. The maximum Gasteiger partial charge on any atom is 0.194 e. The van der Waals surface area contributed by atoms with Crippen LogP contribution in [-0.2, 0) is 6.54 Å². The number of piperidine rings is 1. The third kappa shape index (κ3) is 4.13. The van der Waals surface area contributed by atoms with Gasteiger partial charge in [-0.3, -0.25) is 0 Å². The molecule has 1 aliphatic rings. The molecular weight excluding hydrogens is 300 g/mol. The summed E-state index contributed by atoms with van der Waals surface area (Å²) in [5.41, 5.74) is 1.14. The van der Waals surface area contributed by atoms with Gasteiger partial charge >= 0.3 is 0 Å². The Labute approximate surface area is 143 Å². The van der Waals surface area contributed by atoms with Crippen molar-refractivity contribution >= 4 is 5.96 Å². The van der Waals surface area contributed by atoms with Crippen molar-refractivity contribution in [2.45, 2.75) is 33.2 Å². The quantitative estimate of drug-likeness (QED) is 0.693. The van der Waals surface area contributed by atoms with Crippen molar-refractivity contribution in [1.82, 2.24) is 25.0 Å². The van der Waals surface area contributed by atoms with Crippen LogP contribution in [0.5, 0.6) is 0 Å². The number of aromatic nitrogens is 3. The average molecular weight is 326 g/mol. The summed E-state index contributed by atoms with van der Waals surface area (Å²) in [7, 11) is 0. The zero-order valence-electron chi connectivity index (χ0n) is 14.5. The van der Waals surface area contributed by atoms with Crippen molar-refractivity contribution in [2.24, 2.45) is 10.9 Å². The van der Waals surface area contributed by atoms with Crippen molar-refractivity contribution < 1.29 is 0 Å². The minimum atomic E-state index is 0.643. The molecule has 6 nitrogen and oxygen atoms in total. The molecule has 0 aliphatic carbocycles. The minimum Gasteiger partial charge on any atom is -0.357 e. The summed E-state index contributed by atoms with van der Waals surface area (Å²) in [6.07, 6.45) is 8.03. The molecule has 0 spiro atoms. The summed E-state index contributed by atoms with van der Waals surface area (Å²) in [6.45, 7) is 8.13. The second-order valence-corrected chi connectivity index (χ2v) is 6.34. The SMILES string of the molecule is CCNC(=NCc1ccnc(-n2cccn2)c1)N1CCCC(C)C1. The Balaban J connectivity index is 1.73. The fourth-order valence-electron chi connectivity index (χ4n) is 3.06. The molecule has 0 bridgehead atoms. The molecule has 1 aliphatic heterocycles. The lowest BCUT2D eigenvalue weighted by molar-refractivity contribution is 0.266. The van der Waals surface area contributed by atoms with E-state index in [1.165, 1.54) is 12.8 Å². The molecule has 24 heavy (non-hydrogen) atoms. The van der Waals surface area contributed by atoms with Gasteiger partial charge in [-0.15, -0.1) is 0 Å². The van der Waals surface area contributed by atoms with Crippen LogP contribution in [0.4, 0.5) is 0 Å². The summed E-state index contributed by atoms with van der Waals surface area (Å²) in [5, 5.41) is 7.66. The normalized spacial score (nSPS) is 18.7. The number of aliphatic imine (C=N–C) groups is 1. The predicted octanol–water partition coefficient (Wildman–Crippen LogP) is 2.46. The molecule has 1 saturated heterocycles. The number of guanidine groups is 1. The Morgan fingerprint density at radius 2 is 2.33 bits per heavy atom. The molecule has 128 valence electrons. The van der Waals surface area contributed by atoms with E-state index in [9.17, 15) is 0 Å². The standard InChI is InChI=1S/C18H26N6/c1-3-19-18(23-10-4-6-15(2)14-23)21-13-16-7-9-20-17(12-16)24-11-5-8-22-24/h5,7-9,11-12,15H,3-4,6,10,13-14H2,1-2H3,(H,19,21). The van der Waals surface area contributed by atoms with E-state index in [1.807, 2.05) is 30.6 Å². The molecule has 1 atom stereocenters. The van der Waals surface area contributed by atoms with Crippen LogP contribution in [0.1, 0.15) is 32.3 Å². The summed E-state index contributed by atoms with van der Waals surface area (Å²) in [6, 6.07) is 5.95. The van der Waals surface area contributed by atoms with E-state index in [0.717, 1.165) is 42.9 Å². The summed E-state index contributed by atoms with van der Waals surface area (Å²) in [4.78, 5) is 11.6. The second-order valence-electron chi connectivity index (χ2n) is 6.34. The fourth-order valence-corrected chi connectivity index (χ4v) is 3.06. The van der Waals surface area contributed by atoms with Crippen LogP contribution in [0.3, 0.4) is 0 Å². The van der Waals surface area contributed by atoms with Gasteiger partial charge in [-0.2, -0.15) is 5.10 Å². The highest BCUT2D eigenvalue weighted by Crippen LogP contribution is 2.16. The van der Waals surface area contributed by atoms with E-state index in [0.29, 0.717) is 6.54 Å². The largest absolute Gasteiger partial charge is 0.357 e. The molecule has 2 aromatic heterocycles. The highest BCUT2D eigenvalue weighted by atomic mass is 15.3. The van der Waals surface area contributed by atoms with Gasteiger partial charge in [0.15, 0.2) is 11.8 Å². The van der Waals surface area contributed by atoms with E-state index < -0.39 is 0 Å². The Morgan fingerprint density at radius 3 is 3.08 bits per heavy atom. The average Bonchev–Trinajstić information content (AvgIpc) is 3.13. The number of likely N-dealkylation sites (tertiary alicyclic amines) is 1. The van der Waals surface area contributed by atoms with Crippen LogP contribution in [-0.4, -0.2) is 45.3 Å². The molecule has 6 heteroatoms. The van der Waals surface area contributed by atoms with Gasteiger partial charge in [0.05, 0.1) is 6.54 Å². The van der Waals surface area contributed by atoms with Crippen molar-refractivity contribution in [3.63, 3.8) is 0 Å². The highest BCUT2D eigenvalue weighted by molar-refractivity contribution is 5.80. The van der Waals surface area contributed by atoms with Gasteiger partial charge in [0.2, 0.25) is 0 Å². The summed E-state index contributed by atoms with van der Waals surface area (Å²) < 4.78 is 1.77. The highest BCUT2D eigenvalue weighted by Gasteiger charge is 2.19. The number of hydrogen-bond donors (Lipinski definition) is 1. The van der Waals surface area contributed by atoms with Crippen LogP contribution in [0, 0.1) is 5.92 Å². The smallest absolute Gasteiger partial charge is 0.194 e. The van der Waals surface area contributed by atoms with Gasteiger partial charge in [0.1, 0.15) is 0 Å². The van der Waals surface area contributed by atoms with Crippen LogP contribution < -0.4 is 5.32 Å². The van der Waals surface area contributed by atoms with Crippen molar-refractivity contribution in [3.8, 4) is 5.82 Å². The van der Waals surface area contributed by atoms with Gasteiger partial charge in [-0.25, -0.2) is 14.7 Å². The van der Waals surface area contributed by atoms with Crippen molar-refractivity contribution in [2.75, 3.05) is 19.6 Å². The molecule has 1 N–H and O–H groups in total. The molecule has 0 saturated carbocycles. The zero-order chi connectivity index (χ0) is 16.8. The maximum absolute atomic E-state index is 4.84. The van der Waals surface area contributed by atoms with E-state index in [1.54, 1.807) is 10.9 Å². The number of nitrogens with one attached hydrogen (secondary N) is 1. The Morgan fingerprint density at radius 1 is 1.42 bits per heavy atom. The van der Waals surface area contributed by atoms with Crippen molar-refractivity contribution in [3.05, 3.63) is 42.4 Å². The zero-order valence-corrected chi connectivity index (χ0v) is 14.5. The van der Waals surface area contributed by atoms with Crippen LogP contribution in [0.15, 0.2) is 41.8 Å².